The minimum atomic E-state index is -4.42. The fourth-order valence-electron chi connectivity index (χ4n) is 1.10. The molecule has 88 valence electrons. The molecular formula is C10H12F3N3. The summed E-state index contributed by atoms with van der Waals surface area (Å²) in [5.41, 5.74) is 4.94. The number of aromatic nitrogens is 1. The summed E-state index contributed by atoms with van der Waals surface area (Å²) in [6.07, 6.45) is -1.91. The molecule has 3 nitrogen and oxygen atoms in total. The van der Waals surface area contributed by atoms with Crippen LogP contribution in [0, 0.1) is 0 Å². The van der Waals surface area contributed by atoms with E-state index in [0.29, 0.717) is 17.9 Å². The summed E-state index contributed by atoms with van der Waals surface area (Å²) in [5, 5.41) is 0. The van der Waals surface area contributed by atoms with E-state index < -0.39 is 11.9 Å². The van der Waals surface area contributed by atoms with E-state index in [4.69, 9.17) is 5.73 Å². The Labute approximate surface area is 91.2 Å². The van der Waals surface area contributed by atoms with Gasteiger partial charge in [-0.05, 0) is 18.6 Å². The summed E-state index contributed by atoms with van der Waals surface area (Å²) in [7, 11) is 0. The van der Waals surface area contributed by atoms with Gasteiger partial charge < -0.3 is 5.73 Å². The maximum atomic E-state index is 12.2. The molecule has 16 heavy (non-hydrogen) atoms. The standard InChI is InChI=1S/C10H12F3N3/c1-2-3-9(14)16-7-4-5-8(15-6-7)10(11,12)13/h4-6H,2-3H2,1H3,(H2,14,16). The van der Waals surface area contributed by atoms with Gasteiger partial charge in [-0.1, -0.05) is 6.92 Å². The zero-order valence-corrected chi connectivity index (χ0v) is 8.75. The zero-order chi connectivity index (χ0) is 12.2. The van der Waals surface area contributed by atoms with E-state index in [1.54, 1.807) is 0 Å². The Bertz CT molecular complexity index is 368. The molecule has 1 aromatic heterocycles. The predicted octanol–water partition coefficient (Wildman–Crippen LogP) is 2.89. The topological polar surface area (TPSA) is 51.3 Å². The van der Waals surface area contributed by atoms with E-state index in [1.165, 1.54) is 6.07 Å². The van der Waals surface area contributed by atoms with E-state index in [0.717, 1.165) is 18.7 Å². The lowest BCUT2D eigenvalue weighted by Crippen LogP contribution is -2.10. The van der Waals surface area contributed by atoms with Crippen LogP contribution in [-0.2, 0) is 6.18 Å². The molecule has 0 aliphatic carbocycles. The van der Waals surface area contributed by atoms with Gasteiger partial charge in [-0.25, -0.2) is 9.98 Å². The highest BCUT2D eigenvalue weighted by Gasteiger charge is 2.31. The molecule has 0 aliphatic rings. The van der Waals surface area contributed by atoms with Gasteiger partial charge in [0.25, 0.3) is 0 Å². The number of hydrogen-bond donors (Lipinski definition) is 1. The number of nitrogens with zero attached hydrogens (tertiary/aromatic N) is 2. The zero-order valence-electron chi connectivity index (χ0n) is 8.75. The lowest BCUT2D eigenvalue weighted by molar-refractivity contribution is -0.141. The van der Waals surface area contributed by atoms with Crippen LogP contribution in [0.3, 0.4) is 0 Å². The first-order chi connectivity index (χ1) is 7.43. The highest BCUT2D eigenvalue weighted by molar-refractivity contribution is 5.82. The van der Waals surface area contributed by atoms with Crippen molar-refractivity contribution < 1.29 is 13.2 Å². The molecule has 1 aromatic rings. The third-order valence-electron chi connectivity index (χ3n) is 1.82. The Hall–Kier alpha value is -1.59. The molecule has 0 atom stereocenters. The van der Waals surface area contributed by atoms with Crippen molar-refractivity contribution in [2.75, 3.05) is 0 Å². The Morgan fingerprint density at radius 2 is 2.12 bits per heavy atom. The average Bonchev–Trinajstić information content (AvgIpc) is 2.17. The van der Waals surface area contributed by atoms with Gasteiger partial charge in [-0.2, -0.15) is 13.2 Å². The monoisotopic (exact) mass is 231 g/mol. The van der Waals surface area contributed by atoms with E-state index in [2.05, 4.69) is 9.98 Å². The Morgan fingerprint density at radius 1 is 1.44 bits per heavy atom. The lowest BCUT2D eigenvalue weighted by atomic mass is 10.3. The summed E-state index contributed by atoms with van der Waals surface area (Å²) in [5.74, 6) is 0.393. The number of halogens is 3. The van der Waals surface area contributed by atoms with Gasteiger partial charge in [0.1, 0.15) is 5.69 Å². The summed E-state index contributed by atoms with van der Waals surface area (Å²) in [6.45, 7) is 1.94. The summed E-state index contributed by atoms with van der Waals surface area (Å²) in [4.78, 5) is 7.21. The molecule has 6 heteroatoms. The Kier molecular flexibility index (Phi) is 3.87. The van der Waals surface area contributed by atoms with Crippen LogP contribution in [0.2, 0.25) is 0 Å². The van der Waals surface area contributed by atoms with Crippen molar-refractivity contribution in [3.63, 3.8) is 0 Å². The maximum absolute atomic E-state index is 12.2. The fraction of sp³-hybridized carbons (Fsp3) is 0.400. The third-order valence-corrected chi connectivity index (χ3v) is 1.82. The van der Waals surface area contributed by atoms with Crippen LogP contribution in [0.25, 0.3) is 0 Å². The van der Waals surface area contributed by atoms with Gasteiger partial charge in [0.15, 0.2) is 0 Å². The van der Waals surface area contributed by atoms with Crippen molar-refractivity contribution in [1.82, 2.24) is 4.98 Å². The molecule has 0 fully saturated rings. The maximum Gasteiger partial charge on any atom is 0.433 e. The molecule has 0 radical (unpaired) electrons. The number of pyridine rings is 1. The van der Waals surface area contributed by atoms with Crippen LogP contribution < -0.4 is 5.73 Å². The van der Waals surface area contributed by atoms with Crippen LogP contribution in [0.1, 0.15) is 25.5 Å². The molecule has 0 aliphatic heterocycles. The molecule has 2 N–H and O–H groups in total. The highest BCUT2D eigenvalue weighted by Crippen LogP contribution is 2.28. The molecule has 1 rings (SSSR count). The molecule has 0 aromatic carbocycles. The molecule has 0 unspecified atom stereocenters. The van der Waals surface area contributed by atoms with Crippen molar-refractivity contribution in [2.45, 2.75) is 25.9 Å². The summed E-state index contributed by atoms with van der Waals surface area (Å²) < 4.78 is 36.5. The molecule has 0 amide bonds. The van der Waals surface area contributed by atoms with E-state index in [-0.39, 0.29) is 0 Å². The number of hydrogen-bond acceptors (Lipinski definition) is 2. The minimum Gasteiger partial charge on any atom is -0.387 e. The SMILES string of the molecule is CCCC(N)=Nc1ccc(C(F)(F)F)nc1. The van der Waals surface area contributed by atoms with Gasteiger partial charge in [0.2, 0.25) is 0 Å². The van der Waals surface area contributed by atoms with Crippen molar-refractivity contribution in [1.29, 1.82) is 0 Å². The molecule has 1 heterocycles. The normalized spacial score (nSPS) is 12.9. The number of amidine groups is 1. The van der Waals surface area contributed by atoms with Crippen molar-refractivity contribution in [3.8, 4) is 0 Å². The van der Waals surface area contributed by atoms with Crippen molar-refractivity contribution in [2.24, 2.45) is 10.7 Å². The Balaban J connectivity index is 2.83. The first-order valence-corrected chi connectivity index (χ1v) is 4.79. The molecular weight excluding hydrogens is 219 g/mol. The van der Waals surface area contributed by atoms with Gasteiger partial charge >= 0.3 is 6.18 Å². The number of alkyl halides is 3. The van der Waals surface area contributed by atoms with Crippen LogP contribution >= 0.6 is 0 Å². The van der Waals surface area contributed by atoms with Gasteiger partial charge in [0.05, 0.1) is 17.7 Å². The first-order valence-electron chi connectivity index (χ1n) is 4.79. The Morgan fingerprint density at radius 3 is 2.56 bits per heavy atom. The van der Waals surface area contributed by atoms with Crippen LogP contribution in [0.5, 0.6) is 0 Å². The second-order valence-corrected chi connectivity index (χ2v) is 3.25. The number of aliphatic imine (C=N–C) groups is 1. The molecule has 0 spiro atoms. The van der Waals surface area contributed by atoms with Gasteiger partial charge in [-0.3, -0.25) is 0 Å². The van der Waals surface area contributed by atoms with Crippen molar-refractivity contribution >= 4 is 11.5 Å². The van der Waals surface area contributed by atoms with E-state index in [9.17, 15) is 13.2 Å². The fourth-order valence-corrected chi connectivity index (χ4v) is 1.10. The second-order valence-electron chi connectivity index (χ2n) is 3.25. The largest absolute Gasteiger partial charge is 0.433 e. The molecule has 0 bridgehead atoms. The van der Waals surface area contributed by atoms with Crippen LogP contribution in [0.15, 0.2) is 23.3 Å². The lowest BCUT2D eigenvalue weighted by Gasteiger charge is -2.05. The quantitative estimate of drug-likeness (QED) is 0.642. The average molecular weight is 231 g/mol. The van der Waals surface area contributed by atoms with E-state index in [1.807, 2.05) is 6.92 Å². The van der Waals surface area contributed by atoms with Gasteiger partial charge in [0, 0.05) is 6.42 Å². The van der Waals surface area contributed by atoms with Gasteiger partial charge in [-0.15, -0.1) is 0 Å². The second kappa shape index (κ2) is 4.96. The predicted molar refractivity (Wildman–Crippen MR) is 55.4 cm³/mol. The minimum absolute atomic E-state index is 0.332. The van der Waals surface area contributed by atoms with Crippen LogP contribution in [0.4, 0.5) is 18.9 Å². The number of rotatable bonds is 3. The molecule has 0 saturated carbocycles. The summed E-state index contributed by atoms with van der Waals surface area (Å²) in [6, 6.07) is 2.14. The smallest absolute Gasteiger partial charge is 0.387 e. The van der Waals surface area contributed by atoms with E-state index >= 15 is 0 Å². The molecule has 0 saturated heterocycles. The number of nitrogens with two attached hydrogens (primary N) is 1. The highest BCUT2D eigenvalue weighted by atomic mass is 19.4. The first kappa shape index (κ1) is 12.5. The summed E-state index contributed by atoms with van der Waals surface area (Å²) >= 11 is 0. The third kappa shape index (κ3) is 3.52. The van der Waals surface area contributed by atoms with Crippen LogP contribution in [-0.4, -0.2) is 10.8 Å². The van der Waals surface area contributed by atoms with Crippen molar-refractivity contribution in [3.05, 3.63) is 24.0 Å².